The maximum absolute atomic E-state index is 4.74. The van der Waals surface area contributed by atoms with Gasteiger partial charge in [-0.15, -0.1) is 0 Å². The first kappa shape index (κ1) is 29.1. The van der Waals surface area contributed by atoms with Crippen LogP contribution in [-0.2, 0) is 5.41 Å². The monoisotopic (exact) mass is 659 g/mol. The van der Waals surface area contributed by atoms with Gasteiger partial charge in [0.05, 0.1) is 16.8 Å². The van der Waals surface area contributed by atoms with Crippen molar-refractivity contribution in [2.24, 2.45) is 0 Å². The highest BCUT2D eigenvalue weighted by atomic mass is 15.2. The number of fused-ring (bicyclic) bond motifs is 15. The Hall–Kier alpha value is -6.70. The molecule has 0 atom stereocenters. The first-order chi connectivity index (χ1) is 25.7. The molecule has 0 amide bonds. The molecule has 1 heterocycles. The second kappa shape index (κ2) is 10.9. The summed E-state index contributed by atoms with van der Waals surface area (Å²) in [5.41, 5.74) is 14.2. The Balaban J connectivity index is 1.12. The van der Waals surface area contributed by atoms with Crippen molar-refractivity contribution in [2.45, 2.75) is 5.41 Å². The van der Waals surface area contributed by atoms with E-state index >= 15 is 0 Å². The highest BCUT2D eigenvalue weighted by molar-refractivity contribution is 6.25. The number of benzene rings is 9. The van der Waals surface area contributed by atoms with Crippen molar-refractivity contribution >= 4 is 55.0 Å². The highest BCUT2D eigenvalue weighted by Gasteiger charge is 2.51. The first-order valence-electron chi connectivity index (χ1n) is 18.0. The second-order valence-corrected chi connectivity index (χ2v) is 14.1. The van der Waals surface area contributed by atoms with Gasteiger partial charge in [0.25, 0.3) is 0 Å². The van der Waals surface area contributed by atoms with E-state index < -0.39 is 5.41 Å². The molecule has 242 valence electrons. The summed E-state index contributed by atoms with van der Waals surface area (Å²) in [7, 11) is 0. The van der Waals surface area contributed by atoms with Gasteiger partial charge in [-0.05, 0) is 119 Å². The van der Waals surface area contributed by atoms with Crippen molar-refractivity contribution in [1.29, 1.82) is 0 Å². The van der Waals surface area contributed by atoms with Gasteiger partial charge >= 0.3 is 0 Å². The Morgan fingerprint density at radius 2 is 0.827 bits per heavy atom. The fourth-order valence-electron chi connectivity index (χ4n) is 9.42. The Kier molecular flexibility index (Phi) is 6.09. The van der Waals surface area contributed by atoms with E-state index in [2.05, 4.69) is 193 Å². The van der Waals surface area contributed by atoms with E-state index in [4.69, 9.17) is 6.58 Å². The van der Waals surface area contributed by atoms with Gasteiger partial charge < -0.3 is 4.90 Å². The third-order valence-corrected chi connectivity index (χ3v) is 11.6. The second-order valence-electron chi connectivity index (χ2n) is 14.1. The zero-order chi connectivity index (χ0) is 34.4. The largest absolute Gasteiger partial charge is 0.310 e. The number of hydrogen-bond donors (Lipinski definition) is 0. The summed E-state index contributed by atoms with van der Waals surface area (Å²) in [5.74, 6) is 0. The number of rotatable bonds is 3. The Bertz CT molecular complexity index is 2850. The molecular formula is C51H33N. The SMILES string of the molecule is C=C(c1ccc2c(c1)-c1ccccc1C21c2ccccc2N(c2ccccc2)c2ccccc21)c1ccc2c3ccccc3c3ccccc3c2c1. The third kappa shape index (κ3) is 3.83. The molecule has 0 bridgehead atoms. The van der Waals surface area contributed by atoms with Crippen LogP contribution in [0.4, 0.5) is 17.1 Å². The molecule has 0 unspecified atom stereocenters. The summed E-state index contributed by atoms with van der Waals surface area (Å²) in [6.07, 6.45) is 0. The van der Waals surface area contributed by atoms with Crippen molar-refractivity contribution in [2.75, 3.05) is 4.90 Å². The molecule has 1 aliphatic carbocycles. The summed E-state index contributed by atoms with van der Waals surface area (Å²) in [4.78, 5) is 2.43. The fraction of sp³-hybridized carbons (Fsp3) is 0.0196. The van der Waals surface area contributed by atoms with E-state index in [0.717, 1.165) is 22.4 Å². The molecule has 11 rings (SSSR count). The van der Waals surface area contributed by atoms with E-state index in [-0.39, 0.29) is 0 Å². The number of nitrogens with zero attached hydrogens (tertiary/aromatic N) is 1. The molecule has 1 aliphatic heterocycles. The van der Waals surface area contributed by atoms with Crippen molar-refractivity contribution in [3.8, 4) is 11.1 Å². The predicted octanol–water partition coefficient (Wildman–Crippen LogP) is 13.4. The van der Waals surface area contributed by atoms with Crippen molar-refractivity contribution in [1.82, 2.24) is 0 Å². The summed E-state index contributed by atoms with van der Waals surface area (Å²) < 4.78 is 0. The number of para-hydroxylation sites is 3. The number of anilines is 3. The quantitative estimate of drug-likeness (QED) is 0.171. The van der Waals surface area contributed by atoms with Crippen molar-refractivity contribution in [3.05, 3.63) is 228 Å². The third-order valence-electron chi connectivity index (χ3n) is 11.6. The van der Waals surface area contributed by atoms with Gasteiger partial charge in [0, 0.05) is 5.69 Å². The minimum atomic E-state index is -0.465. The lowest BCUT2D eigenvalue weighted by Crippen LogP contribution is -2.36. The normalized spacial score (nSPS) is 13.6. The average Bonchev–Trinajstić information content (AvgIpc) is 3.51. The molecule has 9 aromatic carbocycles. The van der Waals surface area contributed by atoms with Crippen LogP contribution < -0.4 is 4.90 Å². The van der Waals surface area contributed by atoms with Gasteiger partial charge in [-0.25, -0.2) is 0 Å². The summed E-state index contributed by atoms with van der Waals surface area (Å²) in [5, 5.41) is 7.67. The van der Waals surface area contributed by atoms with Crippen LogP contribution in [0.1, 0.15) is 33.4 Å². The lowest BCUT2D eigenvalue weighted by molar-refractivity contribution is 0.752. The van der Waals surface area contributed by atoms with E-state index in [0.29, 0.717) is 0 Å². The Morgan fingerprint density at radius 1 is 0.365 bits per heavy atom. The molecule has 0 radical (unpaired) electrons. The summed E-state index contributed by atoms with van der Waals surface area (Å²) in [6.45, 7) is 4.74. The highest BCUT2D eigenvalue weighted by Crippen LogP contribution is 2.63. The lowest BCUT2D eigenvalue weighted by Gasteiger charge is -2.45. The molecule has 1 heteroatoms. The van der Waals surface area contributed by atoms with Crippen LogP contribution in [0.15, 0.2) is 195 Å². The van der Waals surface area contributed by atoms with Gasteiger partial charge in [0.1, 0.15) is 0 Å². The fourth-order valence-corrected chi connectivity index (χ4v) is 9.42. The van der Waals surface area contributed by atoms with Gasteiger partial charge in [-0.1, -0.05) is 158 Å². The van der Waals surface area contributed by atoms with Crippen LogP contribution in [-0.4, -0.2) is 0 Å². The van der Waals surface area contributed by atoms with Crippen molar-refractivity contribution in [3.63, 3.8) is 0 Å². The molecule has 1 spiro atoms. The minimum absolute atomic E-state index is 0.465. The molecule has 0 aromatic heterocycles. The molecule has 0 fully saturated rings. The summed E-state index contributed by atoms with van der Waals surface area (Å²) >= 11 is 0. The predicted molar refractivity (Wildman–Crippen MR) is 219 cm³/mol. The first-order valence-corrected chi connectivity index (χ1v) is 18.0. The zero-order valence-electron chi connectivity index (χ0n) is 28.6. The molecule has 0 saturated carbocycles. The van der Waals surface area contributed by atoms with E-state index in [9.17, 15) is 0 Å². The van der Waals surface area contributed by atoms with Gasteiger partial charge in [-0.2, -0.15) is 0 Å². The maximum Gasteiger partial charge on any atom is 0.0754 e. The van der Waals surface area contributed by atoms with Crippen molar-refractivity contribution < 1.29 is 0 Å². The van der Waals surface area contributed by atoms with Crippen LogP contribution in [0.2, 0.25) is 0 Å². The molecule has 1 nitrogen and oxygen atoms in total. The van der Waals surface area contributed by atoms with E-state index in [1.807, 2.05) is 0 Å². The van der Waals surface area contributed by atoms with E-state index in [1.54, 1.807) is 0 Å². The number of hydrogen-bond acceptors (Lipinski definition) is 1. The van der Waals surface area contributed by atoms with Gasteiger partial charge in [0.15, 0.2) is 0 Å². The molecule has 0 N–H and O–H groups in total. The average molecular weight is 660 g/mol. The molecule has 9 aromatic rings. The summed E-state index contributed by atoms with van der Waals surface area (Å²) in [6, 6.07) is 69.2. The topological polar surface area (TPSA) is 3.24 Å². The van der Waals surface area contributed by atoms with Gasteiger partial charge in [0.2, 0.25) is 0 Å². The van der Waals surface area contributed by atoms with E-state index in [1.165, 1.54) is 77.1 Å². The standard InChI is InChI=1S/C51H33N/c1-33(34-27-29-41-39-19-6-5-17-37(39)38-18-7-8-20-40(38)43(41)31-34)35-28-30-46-44(32-35)42-21-9-10-22-45(42)51(46)47-23-11-13-25-49(47)52(36-15-3-2-4-16-36)50-26-14-12-24-48(50)51/h2-32H,1H2. The zero-order valence-corrected chi connectivity index (χ0v) is 28.6. The van der Waals surface area contributed by atoms with Crippen LogP contribution in [0.25, 0.3) is 49.0 Å². The lowest BCUT2D eigenvalue weighted by atomic mass is 9.64. The smallest absolute Gasteiger partial charge is 0.0754 e. The van der Waals surface area contributed by atoms with Crippen LogP contribution in [0.3, 0.4) is 0 Å². The van der Waals surface area contributed by atoms with Crippen LogP contribution in [0.5, 0.6) is 0 Å². The van der Waals surface area contributed by atoms with Crippen LogP contribution >= 0.6 is 0 Å². The molecule has 52 heavy (non-hydrogen) atoms. The minimum Gasteiger partial charge on any atom is -0.310 e. The Labute approximate surface area is 303 Å². The molecular weight excluding hydrogens is 627 g/mol. The van der Waals surface area contributed by atoms with Gasteiger partial charge in [-0.3, -0.25) is 0 Å². The Morgan fingerprint density at radius 3 is 1.48 bits per heavy atom. The van der Waals surface area contributed by atoms with Crippen LogP contribution in [0, 0.1) is 0 Å². The molecule has 2 aliphatic rings. The molecule has 0 saturated heterocycles. The maximum atomic E-state index is 4.74.